The first-order chi connectivity index (χ1) is 10.5. The summed E-state index contributed by atoms with van der Waals surface area (Å²) >= 11 is 0. The summed E-state index contributed by atoms with van der Waals surface area (Å²) in [7, 11) is 0. The molecule has 0 fully saturated rings. The van der Waals surface area contributed by atoms with Crippen LogP contribution in [0.4, 0.5) is 0 Å². The molecule has 3 aromatic rings. The lowest BCUT2D eigenvalue weighted by molar-refractivity contribution is 0.275. The molecule has 1 aromatic carbocycles. The topological polar surface area (TPSA) is 58.9 Å². The van der Waals surface area contributed by atoms with Gasteiger partial charge in [-0.05, 0) is 41.5 Å². The Bertz CT molecular complexity index is 954. The Hall–Kier alpha value is -2.23. The van der Waals surface area contributed by atoms with Crippen LogP contribution < -0.4 is 5.55 Å². The van der Waals surface area contributed by atoms with Gasteiger partial charge in [-0.15, -0.1) is 0 Å². The highest BCUT2D eigenvalue weighted by molar-refractivity contribution is 5.97. The summed E-state index contributed by atoms with van der Waals surface area (Å²) in [5, 5.41) is 14.8. The molecule has 2 heterocycles. The summed E-state index contributed by atoms with van der Waals surface area (Å²) in [6.07, 6.45) is 4.81. The van der Waals surface area contributed by atoms with E-state index in [9.17, 15) is 5.21 Å². The maximum atomic E-state index is 9.19. The fourth-order valence-electron chi connectivity index (χ4n) is 3.48. The highest BCUT2D eigenvalue weighted by Gasteiger charge is 2.23. The summed E-state index contributed by atoms with van der Waals surface area (Å²) in [6.45, 7) is 6.55. The monoisotopic (exact) mass is 297 g/mol. The molecular formula is C18H19NO3. The lowest BCUT2D eigenvalue weighted by atomic mass is 9.86. The third-order valence-corrected chi connectivity index (χ3v) is 4.58. The fraction of sp³-hybridized carbons (Fsp3) is 0.389. The minimum atomic E-state index is 0.0274. The zero-order chi connectivity index (χ0) is 15.5. The highest BCUT2D eigenvalue weighted by Crippen LogP contribution is 2.36. The zero-order valence-corrected chi connectivity index (χ0v) is 13.1. The number of benzene rings is 1. The van der Waals surface area contributed by atoms with Crippen molar-refractivity contribution in [2.45, 2.75) is 45.4 Å². The van der Waals surface area contributed by atoms with Crippen molar-refractivity contribution in [1.29, 1.82) is 0 Å². The van der Waals surface area contributed by atoms with Crippen LogP contribution >= 0.6 is 0 Å². The molecule has 22 heavy (non-hydrogen) atoms. The van der Waals surface area contributed by atoms with Crippen molar-refractivity contribution in [2.75, 3.05) is 0 Å². The van der Waals surface area contributed by atoms with Gasteiger partial charge in [0, 0.05) is 28.0 Å². The molecule has 0 bridgehead atoms. The Morgan fingerprint density at radius 2 is 1.82 bits per heavy atom. The van der Waals surface area contributed by atoms with Crippen molar-refractivity contribution in [2.24, 2.45) is 5.16 Å². The van der Waals surface area contributed by atoms with Gasteiger partial charge >= 0.3 is 0 Å². The molecule has 0 aliphatic heterocycles. The summed E-state index contributed by atoms with van der Waals surface area (Å²) in [5.74, 6) is 0. The maximum absolute atomic E-state index is 9.19. The Labute approximate surface area is 128 Å². The van der Waals surface area contributed by atoms with Gasteiger partial charge in [-0.1, -0.05) is 20.8 Å². The predicted molar refractivity (Wildman–Crippen MR) is 84.1 cm³/mol. The van der Waals surface area contributed by atoms with E-state index in [-0.39, 0.29) is 5.41 Å². The second-order valence-corrected chi connectivity index (χ2v) is 7.06. The van der Waals surface area contributed by atoms with Crippen molar-refractivity contribution < 1.29 is 14.0 Å². The van der Waals surface area contributed by atoms with Crippen molar-refractivity contribution in [3.05, 3.63) is 40.6 Å². The normalized spacial score (nSPS) is 15.9. The van der Waals surface area contributed by atoms with E-state index in [1.165, 1.54) is 11.1 Å². The molecule has 0 amide bonds. The molecule has 0 unspecified atom stereocenters. The van der Waals surface area contributed by atoms with Gasteiger partial charge in [-0.3, -0.25) is 0 Å². The van der Waals surface area contributed by atoms with Crippen LogP contribution in [0.1, 0.15) is 43.9 Å². The molecule has 1 aliphatic rings. The van der Waals surface area contributed by atoms with Crippen LogP contribution in [0.3, 0.4) is 0 Å². The lowest BCUT2D eigenvalue weighted by Gasteiger charge is -2.16. The molecule has 4 nitrogen and oxygen atoms in total. The summed E-state index contributed by atoms with van der Waals surface area (Å²) < 4.78 is 11.5. The van der Waals surface area contributed by atoms with E-state index in [2.05, 4.69) is 32.0 Å². The first-order valence-corrected chi connectivity index (χ1v) is 7.67. The molecule has 0 saturated heterocycles. The second kappa shape index (κ2) is 4.38. The van der Waals surface area contributed by atoms with Crippen LogP contribution in [0.2, 0.25) is 0 Å². The molecule has 0 spiro atoms. The third kappa shape index (κ3) is 1.79. The Kier molecular flexibility index (Phi) is 2.68. The van der Waals surface area contributed by atoms with Crippen molar-refractivity contribution in [3.8, 4) is 0 Å². The Balaban J connectivity index is 2.14. The van der Waals surface area contributed by atoms with Gasteiger partial charge in [0.05, 0.1) is 6.26 Å². The molecule has 1 aliphatic carbocycles. The average Bonchev–Trinajstić information content (AvgIpc) is 3.09. The molecule has 0 radical (unpaired) electrons. The van der Waals surface area contributed by atoms with Gasteiger partial charge in [0.2, 0.25) is 0 Å². The number of fused-ring (bicyclic) bond motifs is 4. The summed E-state index contributed by atoms with van der Waals surface area (Å²) in [6, 6.07) is 4.08. The third-order valence-electron chi connectivity index (χ3n) is 4.58. The van der Waals surface area contributed by atoms with E-state index >= 15 is 0 Å². The van der Waals surface area contributed by atoms with Crippen LogP contribution in [0.25, 0.3) is 21.9 Å². The quantitative estimate of drug-likeness (QED) is 0.498. The summed E-state index contributed by atoms with van der Waals surface area (Å²) in [5.41, 5.74) is 5.37. The highest BCUT2D eigenvalue weighted by atomic mass is 16.5. The lowest BCUT2D eigenvalue weighted by Crippen LogP contribution is -2.10. The van der Waals surface area contributed by atoms with Crippen LogP contribution in [0, 0.1) is 0 Å². The van der Waals surface area contributed by atoms with Crippen LogP contribution in [-0.2, 0) is 18.3 Å². The molecule has 114 valence electrons. The van der Waals surface area contributed by atoms with Crippen molar-refractivity contribution in [3.63, 3.8) is 0 Å². The van der Waals surface area contributed by atoms with Gasteiger partial charge in [-0.2, -0.15) is 0 Å². The van der Waals surface area contributed by atoms with E-state index in [0.717, 1.165) is 46.8 Å². The maximum Gasteiger partial charge on any atom is 0.259 e. The van der Waals surface area contributed by atoms with Crippen LogP contribution in [0.15, 0.2) is 32.4 Å². The van der Waals surface area contributed by atoms with Crippen LogP contribution in [0.5, 0.6) is 0 Å². The molecule has 2 aromatic heterocycles. The number of hydrogen-bond acceptors (Lipinski definition) is 4. The SMILES string of the molecule is CC(C)(C)c1coc2cc3oc(=NO)c4c(c3cc12)CCC4. The largest absolute Gasteiger partial charge is 0.464 e. The van der Waals surface area contributed by atoms with Gasteiger partial charge < -0.3 is 14.0 Å². The smallest absolute Gasteiger partial charge is 0.259 e. The van der Waals surface area contributed by atoms with E-state index in [0.29, 0.717) is 5.55 Å². The van der Waals surface area contributed by atoms with Crippen LogP contribution in [-0.4, -0.2) is 5.21 Å². The number of rotatable bonds is 0. The minimum absolute atomic E-state index is 0.0274. The molecule has 0 saturated carbocycles. The number of furan rings is 1. The van der Waals surface area contributed by atoms with Crippen molar-refractivity contribution in [1.82, 2.24) is 0 Å². The Morgan fingerprint density at radius 3 is 2.55 bits per heavy atom. The molecule has 1 N–H and O–H groups in total. The number of aryl methyl sites for hydroxylation is 1. The predicted octanol–water partition coefficient (Wildman–Crippen LogP) is 4.26. The first-order valence-electron chi connectivity index (χ1n) is 7.67. The average molecular weight is 297 g/mol. The Morgan fingerprint density at radius 1 is 1.05 bits per heavy atom. The van der Waals surface area contributed by atoms with Gasteiger partial charge in [0.15, 0.2) is 0 Å². The van der Waals surface area contributed by atoms with Gasteiger partial charge in [0.1, 0.15) is 11.2 Å². The molecule has 0 atom stereocenters. The molecule has 4 rings (SSSR count). The molecular weight excluding hydrogens is 278 g/mol. The van der Waals surface area contributed by atoms with Gasteiger partial charge in [-0.25, -0.2) is 0 Å². The molecule has 4 heteroatoms. The zero-order valence-electron chi connectivity index (χ0n) is 13.1. The standard InChI is InChI=1S/C18H19NO3/c1-18(2,3)14-9-21-15-8-16-12(7-13(14)15)10-5-4-6-11(10)17(19-20)22-16/h7-9,20H,4-6H2,1-3H3. The first kappa shape index (κ1) is 13.4. The summed E-state index contributed by atoms with van der Waals surface area (Å²) in [4.78, 5) is 0. The second-order valence-electron chi connectivity index (χ2n) is 7.06. The van der Waals surface area contributed by atoms with E-state index in [4.69, 9.17) is 8.83 Å². The van der Waals surface area contributed by atoms with E-state index in [1.54, 1.807) is 0 Å². The minimum Gasteiger partial charge on any atom is -0.464 e. The fourth-order valence-corrected chi connectivity index (χ4v) is 3.48. The number of hydrogen-bond donors (Lipinski definition) is 1. The number of nitrogens with zero attached hydrogens (tertiary/aromatic N) is 1. The van der Waals surface area contributed by atoms with Gasteiger partial charge in [0.25, 0.3) is 5.55 Å². The van der Waals surface area contributed by atoms with E-state index < -0.39 is 0 Å². The van der Waals surface area contributed by atoms with Crippen molar-refractivity contribution >= 4 is 21.9 Å². The van der Waals surface area contributed by atoms with E-state index in [1.807, 2.05) is 12.3 Å².